The molecule has 0 fully saturated rings. The van der Waals surface area contributed by atoms with Crippen LogP contribution in [0.15, 0.2) is 66.7 Å². The molecule has 0 aromatic heterocycles. The van der Waals surface area contributed by atoms with Crippen molar-refractivity contribution in [2.24, 2.45) is 0 Å². The Balaban J connectivity index is 1.14. The molecule has 8 heteroatoms. The van der Waals surface area contributed by atoms with E-state index in [9.17, 15) is 14.4 Å². The Morgan fingerprint density at radius 3 is 2.57 bits per heavy atom. The summed E-state index contributed by atoms with van der Waals surface area (Å²) in [5, 5.41) is 2.92. The van der Waals surface area contributed by atoms with Crippen molar-refractivity contribution >= 4 is 23.4 Å². The topological polar surface area (TPSA) is 88.2 Å². The molecule has 1 atom stereocenters. The first kappa shape index (κ1) is 21.2. The van der Waals surface area contributed by atoms with Crippen molar-refractivity contribution < 1.29 is 23.9 Å². The lowest BCUT2D eigenvalue weighted by molar-refractivity contribution is -0.121. The zero-order chi connectivity index (χ0) is 23.9. The normalized spacial score (nSPS) is 17.2. The maximum atomic E-state index is 13.4. The summed E-state index contributed by atoms with van der Waals surface area (Å²) < 4.78 is 10.7. The highest BCUT2D eigenvalue weighted by Crippen LogP contribution is 2.45. The van der Waals surface area contributed by atoms with Gasteiger partial charge in [0.2, 0.25) is 12.7 Å². The van der Waals surface area contributed by atoms with Gasteiger partial charge in [-0.15, -0.1) is 0 Å². The summed E-state index contributed by atoms with van der Waals surface area (Å²) >= 11 is 0. The number of amides is 3. The number of nitrogens with zero attached hydrogens (tertiary/aromatic N) is 2. The molecular weight excluding hydrogens is 446 g/mol. The molecule has 0 saturated heterocycles. The van der Waals surface area contributed by atoms with Gasteiger partial charge in [-0.1, -0.05) is 36.4 Å². The zero-order valence-electron chi connectivity index (χ0n) is 18.9. The lowest BCUT2D eigenvalue weighted by Crippen LogP contribution is -2.48. The van der Waals surface area contributed by atoms with Crippen LogP contribution in [0.1, 0.15) is 50.9 Å². The van der Waals surface area contributed by atoms with Crippen molar-refractivity contribution in [2.45, 2.75) is 25.6 Å². The second-order valence-corrected chi connectivity index (χ2v) is 8.72. The number of para-hydroxylation sites is 1. The number of hydrogen-bond acceptors (Lipinski definition) is 5. The van der Waals surface area contributed by atoms with Crippen molar-refractivity contribution in [1.82, 2.24) is 10.2 Å². The number of anilines is 1. The molecule has 1 N–H and O–H groups in total. The lowest BCUT2D eigenvalue weighted by Gasteiger charge is -2.41. The Morgan fingerprint density at radius 1 is 0.914 bits per heavy atom. The fourth-order valence-electron chi connectivity index (χ4n) is 4.95. The van der Waals surface area contributed by atoms with Crippen LogP contribution in [0.2, 0.25) is 0 Å². The van der Waals surface area contributed by atoms with Crippen molar-refractivity contribution in [3.63, 3.8) is 0 Å². The molecule has 3 aliphatic heterocycles. The van der Waals surface area contributed by atoms with Crippen LogP contribution in [0, 0.1) is 0 Å². The summed E-state index contributed by atoms with van der Waals surface area (Å²) in [6.45, 7) is 0.941. The molecule has 3 aromatic rings. The first-order valence-electron chi connectivity index (χ1n) is 11.6. The molecule has 176 valence electrons. The minimum absolute atomic E-state index is 0.104. The standard InChI is InChI=1S/C27H23N3O5/c31-24(28-15-17-11-12-22-23(14-17)35-16-34-22)10-5-13-29-25-18-6-1-2-7-19(18)27(33)30(25)21-9-4-3-8-20(21)26(29)32/h1-4,6-9,11-12,14,25H,5,10,13,15-16H2,(H,28,31)/t25-/m1/s1. The number of carbonyl (C=O) groups excluding carboxylic acids is 3. The number of hydrogen-bond donors (Lipinski definition) is 1. The number of benzene rings is 3. The molecular formula is C27H23N3O5. The molecule has 6 rings (SSSR count). The second-order valence-electron chi connectivity index (χ2n) is 8.72. The predicted octanol–water partition coefficient (Wildman–Crippen LogP) is 3.63. The molecule has 0 radical (unpaired) electrons. The first-order valence-corrected chi connectivity index (χ1v) is 11.6. The Bertz CT molecular complexity index is 1350. The molecule has 0 saturated carbocycles. The van der Waals surface area contributed by atoms with Crippen molar-refractivity contribution in [3.05, 3.63) is 89.0 Å². The van der Waals surface area contributed by atoms with Gasteiger partial charge in [0.25, 0.3) is 11.8 Å². The number of ether oxygens (including phenoxy) is 2. The van der Waals surface area contributed by atoms with Gasteiger partial charge in [0.15, 0.2) is 11.5 Å². The lowest BCUT2D eigenvalue weighted by atomic mass is 10.0. The third-order valence-electron chi connectivity index (χ3n) is 6.61. The molecule has 0 unspecified atom stereocenters. The van der Waals surface area contributed by atoms with Gasteiger partial charge in [0, 0.05) is 30.6 Å². The Kier molecular flexibility index (Phi) is 5.13. The van der Waals surface area contributed by atoms with Gasteiger partial charge in [-0.3, -0.25) is 19.3 Å². The van der Waals surface area contributed by atoms with E-state index in [0.29, 0.717) is 47.8 Å². The quantitative estimate of drug-likeness (QED) is 0.596. The summed E-state index contributed by atoms with van der Waals surface area (Å²) in [7, 11) is 0. The number of fused-ring (bicyclic) bond motifs is 6. The molecule has 8 nitrogen and oxygen atoms in total. The van der Waals surface area contributed by atoms with Crippen LogP contribution in [0.5, 0.6) is 11.5 Å². The molecule has 0 aliphatic carbocycles. The number of carbonyl (C=O) groups is 3. The number of nitrogens with one attached hydrogen (secondary N) is 1. The van der Waals surface area contributed by atoms with E-state index in [1.165, 1.54) is 0 Å². The van der Waals surface area contributed by atoms with Crippen molar-refractivity contribution in [1.29, 1.82) is 0 Å². The van der Waals surface area contributed by atoms with E-state index in [2.05, 4.69) is 5.32 Å². The maximum absolute atomic E-state index is 13.4. The third-order valence-corrected chi connectivity index (χ3v) is 6.61. The molecule has 3 heterocycles. The van der Waals surface area contributed by atoms with Gasteiger partial charge in [0.1, 0.15) is 6.17 Å². The maximum Gasteiger partial charge on any atom is 0.260 e. The fourth-order valence-corrected chi connectivity index (χ4v) is 4.95. The van der Waals surface area contributed by atoms with Gasteiger partial charge in [-0.25, -0.2) is 0 Å². The monoisotopic (exact) mass is 469 g/mol. The third kappa shape index (κ3) is 3.58. The zero-order valence-corrected chi connectivity index (χ0v) is 18.9. The molecule has 0 spiro atoms. The Hall–Kier alpha value is -4.33. The molecule has 3 amide bonds. The Morgan fingerprint density at radius 2 is 1.69 bits per heavy atom. The summed E-state index contributed by atoms with van der Waals surface area (Å²) in [6, 6.07) is 20.2. The highest BCUT2D eigenvalue weighted by Gasteiger charge is 2.47. The minimum Gasteiger partial charge on any atom is -0.454 e. The summed E-state index contributed by atoms with van der Waals surface area (Å²) in [6.07, 6.45) is 0.234. The highest BCUT2D eigenvalue weighted by molar-refractivity contribution is 6.16. The summed E-state index contributed by atoms with van der Waals surface area (Å²) in [5.74, 6) is 1.03. The van der Waals surface area contributed by atoms with Crippen LogP contribution in [0.4, 0.5) is 5.69 Å². The van der Waals surface area contributed by atoms with Crippen LogP contribution < -0.4 is 19.7 Å². The largest absolute Gasteiger partial charge is 0.454 e. The summed E-state index contributed by atoms with van der Waals surface area (Å²) in [5.41, 5.74) is 3.46. The van der Waals surface area contributed by atoms with Crippen LogP contribution in [0.3, 0.4) is 0 Å². The average Bonchev–Trinajstić information content (AvgIpc) is 3.47. The van der Waals surface area contributed by atoms with Gasteiger partial charge in [-0.05, 0) is 42.3 Å². The van der Waals surface area contributed by atoms with E-state index in [-0.39, 0.29) is 30.9 Å². The minimum atomic E-state index is -0.502. The smallest absolute Gasteiger partial charge is 0.260 e. The SMILES string of the molecule is O=C(CCCN1C(=O)c2ccccc2N2C(=O)c3ccccc3[C@H]12)NCc1ccc2c(c1)OCO2. The molecule has 0 bridgehead atoms. The van der Waals surface area contributed by atoms with Crippen LogP contribution in [-0.2, 0) is 11.3 Å². The van der Waals surface area contributed by atoms with Gasteiger partial charge >= 0.3 is 0 Å². The number of rotatable bonds is 6. The summed E-state index contributed by atoms with van der Waals surface area (Å²) in [4.78, 5) is 42.6. The van der Waals surface area contributed by atoms with E-state index >= 15 is 0 Å². The average molecular weight is 469 g/mol. The first-order chi connectivity index (χ1) is 17.1. The van der Waals surface area contributed by atoms with Crippen LogP contribution in [0.25, 0.3) is 0 Å². The van der Waals surface area contributed by atoms with E-state index in [0.717, 1.165) is 11.1 Å². The molecule has 3 aromatic carbocycles. The van der Waals surface area contributed by atoms with E-state index in [1.54, 1.807) is 28.0 Å². The highest BCUT2D eigenvalue weighted by atomic mass is 16.7. The van der Waals surface area contributed by atoms with Crippen molar-refractivity contribution in [3.8, 4) is 11.5 Å². The Labute approximate surface area is 202 Å². The van der Waals surface area contributed by atoms with Crippen molar-refractivity contribution in [2.75, 3.05) is 18.2 Å². The molecule has 35 heavy (non-hydrogen) atoms. The van der Waals surface area contributed by atoms with E-state index in [4.69, 9.17) is 9.47 Å². The van der Waals surface area contributed by atoms with E-state index in [1.807, 2.05) is 48.5 Å². The van der Waals surface area contributed by atoms with Gasteiger partial charge < -0.3 is 19.7 Å². The van der Waals surface area contributed by atoms with Gasteiger partial charge in [0.05, 0.1) is 11.3 Å². The fraction of sp³-hybridized carbons (Fsp3) is 0.222. The predicted molar refractivity (Wildman–Crippen MR) is 127 cm³/mol. The molecule has 3 aliphatic rings. The van der Waals surface area contributed by atoms with Gasteiger partial charge in [-0.2, -0.15) is 0 Å². The van der Waals surface area contributed by atoms with E-state index < -0.39 is 6.17 Å². The van der Waals surface area contributed by atoms with Crippen LogP contribution in [-0.4, -0.2) is 36.0 Å². The second kappa shape index (κ2) is 8.47. The van der Waals surface area contributed by atoms with Crippen LogP contribution >= 0.6 is 0 Å².